The number of carbonyl (C=O) groups excluding carboxylic acids is 2. The summed E-state index contributed by atoms with van der Waals surface area (Å²) in [5.41, 5.74) is 0.722. The van der Waals surface area contributed by atoms with Crippen LogP contribution in [-0.4, -0.2) is 11.7 Å². The Morgan fingerprint density at radius 2 is 1.78 bits per heavy atom. The third kappa shape index (κ3) is 2.76. The van der Waals surface area contributed by atoms with Crippen LogP contribution in [0.3, 0.4) is 0 Å². The normalized spacial score (nSPS) is 10.3. The molecule has 1 N–H and O–H groups in total. The molecule has 0 spiro atoms. The number of nitrogens with one attached hydrogen (secondary N) is 1. The van der Waals surface area contributed by atoms with Crippen molar-refractivity contribution in [1.82, 2.24) is 0 Å². The Bertz CT molecular complexity index is 622. The van der Waals surface area contributed by atoms with Crippen LogP contribution in [0.15, 0.2) is 40.9 Å². The number of hydrogen-bond acceptors (Lipinski definition) is 2. The van der Waals surface area contributed by atoms with Gasteiger partial charge in [0.1, 0.15) is 5.78 Å². The molecule has 0 bridgehead atoms. The van der Waals surface area contributed by atoms with Gasteiger partial charge in [0.15, 0.2) is 0 Å². The summed E-state index contributed by atoms with van der Waals surface area (Å²) >= 11 is 3.47. The fraction of sp³-hybridized carbons (Fsp3) is 0.143. The predicted molar refractivity (Wildman–Crippen MR) is 75.6 cm³/mol. The molecule has 4 heteroatoms. The second-order valence-electron chi connectivity index (χ2n) is 4.07. The molecule has 0 saturated carbocycles. The third-order valence-electron chi connectivity index (χ3n) is 2.55. The van der Waals surface area contributed by atoms with Crippen LogP contribution in [0, 0.1) is 0 Å². The summed E-state index contributed by atoms with van der Waals surface area (Å²) in [6.45, 7) is 1.40. The minimum Gasteiger partial charge on any atom is -0.325 e. The van der Waals surface area contributed by atoms with Gasteiger partial charge in [-0.05, 0) is 24.4 Å². The molecule has 92 valence electrons. The molecule has 0 unspecified atom stereocenters. The molecule has 2 aromatic carbocycles. The van der Waals surface area contributed by atoms with Crippen LogP contribution in [0.4, 0.5) is 5.69 Å². The van der Waals surface area contributed by atoms with E-state index >= 15 is 0 Å². The van der Waals surface area contributed by atoms with Gasteiger partial charge in [-0.3, -0.25) is 9.59 Å². The van der Waals surface area contributed by atoms with Gasteiger partial charge in [-0.15, -0.1) is 0 Å². The Balaban J connectivity index is 2.37. The summed E-state index contributed by atoms with van der Waals surface area (Å²) in [6.07, 6.45) is -0.0929. The van der Waals surface area contributed by atoms with E-state index < -0.39 is 0 Å². The molecule has 0 aliphatic rings. The molecular formula is C14H12BrNO2. The number of rotatable bonds is 3. The van der Waals surface area contributed by atoms with Crippen LogP contribution in [-0.2, 0) is 9.59 Å². The largest absolute Gasteiger partial charge is 0.325 e. The monoisotopic (exact) mass is 305 g/mol. The van der Waals surface area contributed by atoms with E-state index in [4.69, 9.17) is 0 Å². The number of anilines is 1. The molecule has 2 aromatic rings. The van der Waals surface area contributed by atoms with Crippen LogP contribution < -0.4 is 5.32 Å². The quantitative estimate of drug-likeness (QED) is 0.882. The number of benzene rings is 2. The number of Topliss-reactive ketones (excluding diaryl/α,β-unsaturated/α-hetero) is 1. The molecule has 0 heterocycles. The van der Waals surface area contributed by atoms with Gasteiger partial charge < -0.3 is 5.32 Å². The first-order valence-corrected chi connectivity index (χ1v) is 6.34. The zero-order valence-electron chi connectivity index (χ0n) is 9.87. The molecule has 3 nitrogen and oxygen atoms in total. The zero-order valence-corrected chi connectivity index (χ0v) is 11.5. The SMILES string of the molecule is CC(=O)CC(=O)Nc1ccc(Br)c2ccccc12. The molecule has 2 rings (SSSR count). The Morgan fingerprint density at radius 3 is 2.44 bits per heavy atom. The molecule has 18 heavy (non-hydrogen) atoms. The number of amides is 1. The molecule has 0 atom stereocenters. The molecule has 0 aromatic heterocycles. The van der Waals surface area contributed by atoms with E-state index in [0.29, 0.717) is 0 Å². The van der Waals surface area contributed by atoms with Gasteiger partial charge in [-0.1, -0.05) is 40.2 Å². The summed E-state index contributed by atoms with van der Waals surface area (Å²) in [4.78, 5) is 22.5. The standard InChI is InChI=1S/C14H12BrNO2/c1-9(17)8-14(18)16-13-7-6-12(15)10-4-2-3-5-11(10)13/h2-7H,8H2,1H3,(H,16,18). The number of halogens is 1. The van der Waals surface area contributed by atoms with Crippen molar-refractivity contribution < 1.29 is 9.59 Å². The van der Waals surface area contributed by atoms with Gasteiger partial charge in [-0.25, -0.2) is 0 Å². The molecular weight excluding hydrogens is 294 g/mol. The molecule has 0 aliphatic carbocycles. The van der Waals surface area contributed by atoms with Crippen LogP contribution in [0.5, 0.6) is 0 Å². The van der Waals surface area contributed by atoms with Crippen LogP contribution in [0.25, 0.3) is 10.8 Å². The highest BCUT2D eigenvalue weighted by atomic mass is 79.9. The maximum atomic E-state index is 11.6. The highest BCUT2D eigenvalue weighted by molar-refractivity contribution is 9.10. The first-order chi connectivity index (χ1) is 8.58. The minimum absolute atomic E-state index is 0.0929. The van der Waals surface area contributed by atoms with Crippen molar-refractivity contribution in [2.75, 3.05) is 5.32 Å². The highest BCUT2D eigenvalue weighted by Gasteiger charge is 2.09. The van der Waals surface area contributed by atoms with Gasteiger partial charge >= 0.3 is 0 Å². The maximum absolute atomic E-state index is 11.6. The van der Waals surface area contributed by atoms with Crippen molar-refractivity contribution >= 4 is 44.1 Å². The fourth-order valence-electron chi connectivity index (χ4n) is 1.79. The van der Waals surface area contributed by atoms with E-state index in [0.717, 1.165) is 20.9 Å². The predicted octanol–water partition coefficient (Wildman–Crippen LogP) is 3.52. The first kappa shape index (κ1) is 12.8. The lowest BCUT2D eigenvalue weighted by molar-refractivity contribution is -0.124. The number of hydrogen-bond donors (Lipinski definition) is 1. The summed E-state index contributed by atoms with van der Waals surface area (Å²) in [6, 6.07) is 11.5. The number of ketones is 1. The fourth-order valence-corrected chi connectivity index (χ4v) is 2.27. The van der Waals surface area contributed by atoms with Gasteiger partial charge in [0, 0.05) is 15.5 Å². The second kappa shape index (κ2) is 5.31. The molecule has 0 aliphatic heterocycles. The summed E-state index contributed by atoms with van der Waals surface area (Å²) in [7, 11) is 0. The number of carbonyl (C=O) groups is 2. The molecule has 0 saturated heterocycles. The lowest BCUT2D eigenvalue weighted by atomic mass is 10.1. The average molecular weight is 306 g/mol. The Labute approximate surface area is 113 Å². The van der Waals surface area contributed by atoms with Crippen molar-refractivity contribution in [2.24, 2.45) is 0 Å². The summed E-state index contributed by atoms with van der Waals surface area (Å²) < 4.78 is 0.975. The maximum Gasteiger partial charge on any atom is 0.231 e. The Morgan fingerprint density at radius 1 is 1.11 bits per heavy atom. The average Bonchev–Trinajstić information content (AvgIpc) is 2.32. The highest BCUT2D eigenvalue weighted by Crippen LogP contribution is 2.29. The second-order valence-corrected chi connectivity index (χ2v) is 4.92. The minimum atomic E-state index is -0.282. The van der Waals surface area contributed by atoms with E-state index in [9.17, 15) is 9.59 Å². The Kier molecular flexibility index (Phi) is 3.77. The van der Waals surface area contributed by atoms with Gasteiger partial charge in [0.05, 0.1) is 6.42 Å². The van der Waals surface area contributed by atoms with Gasteiger partial charge in [0.25, 0.3) is 0 Å². The van der Waals surface area contributed by atoms with E-state index in [1.165, 1.54) is 6.92 Å². The van der Waals surface area contributed by atoms with Crippen molar-refractivity contribution in [3.8, 4) is 0 Å². The molecule has 0 radical (unpaired) electrons. The van der Waals surface area contributed by atoms with E-state index in [1.54, 1.807) is 0 Å². The number of fused-ring (bicyclic) bond motifs is 1. The van der Waals surface area contributed by atoms with Crippen molar-refractivity contribution in [3.63, 3.8) is 0 Å². The van der Waals surface area contributed by atoms with Gasteiger partial charge in [0.2, 0.25) is 5.91 Å². The van der Waals surface area contributed by atoms with Crippen LogP contribution >= 0.6 is 15.9 Å². The summed E-state index contributed by atoms with van der Waals surface area (Å²) in [5.74, 6) is -0.427. The molecule has 1 amide bonds. The van der Waals surface area contributed by atoms with Crippen LogP contribution in [0.2, 0.25) is 0 Å². The first-order valence-electron chi connectivity index (χ1n) is 5.54. The van der Waals surface area contributed by atoms with Crippen molar-refractivity contribution in [1.29, 1.82) is 0 Å². The summed E-state index contributed by atoms with van der Waals surface area (Å²) in [5, 5.41) is 4.74. The van der Waals surface area contributed by atoms with Crippen molar-refractivity contribution in [3.05, 3.63) is 40.9 Å². The van der Waals surface area contributed by atoms with Gasteiger partial charge in [-0.2, -0.15) is 0 Å². The lowest BCUT2D eigenvalue weighted by Crippen LogP contribution is -2.14. The van der Waals surface area contributed by atoms with E-state index in [-0.39, 0.29) is 18.1 Å². The zero-order chi connectivity index (χ0) is 13.1. The Hall–Kier alpha value is -1.68. The topological polar surface area (TPSA) is 46.2 Å². The lowest BCUT2D eigenvalue weighted by Gasteiger charge is -2.09. The van der Waals surface area contributed by atoms with E-state index in [1.807, 2.05) is 36.4 Å². The third-order valence-corrected chi connectivity index (χ3v) is 3.25. The van der Waals surface area contributed by atoms with Crippen LogP contribution in [0.1, 0.15) is 13.3 Å². The van der Waals surface area contributed by atoms with Crippen molar-refractivity contribution in [2.45, 2.75) is 13.3 Å². The molecule has 0 fully saturated rings. The van der Waals surface area contributed by atoms with E-state index in [2.05, 4.69) is 21.2 Å². The smallest absolute Gasteiger partial charge is 0.231 e.